The Kier molecular flexibility index (Phi) is 4.10. The Morgan fingerprint density at radius 2 is 1.73 bits per heavy atom. The van der Waals surface area contributed by atoms with E-state index in [0.717, 1.165) is 25.7 Å². The highest BCUT2D eigenvalue weighted by atomic mass is 32.2. The summed E-state index contributed by atoms with van der Waals surface area (Å²) in [6.07, 6.45) is 4.20. The molecule has 1 amide bonds. The van der Waals surface area contributed by atoms with Crippen LogP contribution in [0.25, 0.3) is 0 Å². The molecule has 0 spiro atoms. The maximum absolute atomic E-state index is 12.6. The third-order valence-corrected chi connectivity index (χ3v) is 6.21. The monoisotopic (exact) mass is 323 g/mol. The van der Waals surface area contributed by atoms with E-state index in [1.165, 1.54) is 10.4 Å². The number of piperidine rings is 1. The molecule has 0 saturated carbocycles. The molecule has 3 rings (SSSR count). The zero-order valence-corrected chi connectivity index (χ0v) is 13.3. The van der Waals surface area contributed by atoms with Gasteiger partial charge < -0.3 is 10.6 Å². The summed E-state index contributed by atoms with van der Waals surface area (Å²) in [5.74, 6) is 0.0401. The molecule has 2 N–H and O–H groups in total. The molecule has 7 heteroatoms. The van der Waals surface area contributed by atoms with Gasteiger partial charge in [0.25, 0.3) is 0 Å². The molecule has 0 unspecified atom stereocenters. The van der Waals surface area contributed by atoms with Gasteiger partial charge in [-0.2, -0.15) is 4.31 Å². The van der Waals surface area contributed by atoms with Crippen LogP contribution in [0.5, 0.6) is 0 Å². The molecular weight excluding hydrogens is 302 g/mol. The molecule has 0 bridgehead atoms. The smallest absolute Gasteiger partial charge is 0.243 e. The number of nitrogens with zero attached hydrogens (tertiary/aromatic N) is 2. The third-order valence-electron chi connectivity index (χ3n) is 4.32. The lowest BCUT2D eigenvalue weighted by molar-refractivity contribution is -0.117. The van der Waals surface area contributed by atoms with Gasteiger partial charge in [0.1, 0.15) is 0 Å². The summed E-state index contributed by atoms with van der Waals surface area (Å²) in [5, 5.41) is 0. The van der Waals surface area contributed by atoms with Crippen molar-refractivity contribution in [2.45, 2.75) is 37.0 Å². The summed E-state index contributed by atoms with van der Waals surface area (Å²) >= 11 is 0. The number of sulfonamides is 1. The van der Waals surface area contributed by atoms with Crippen LogP contribution < -0.4 is 10.6 Å². The van der Waals surface area contributed by atoms with Crippen LogP contribution in [0.2, 0.25) is 0 Å². The van der Waals surface area contributed by atoms with Gasteiger partial charge in [-0.25, -0.2) is 8.42 Å². The van der Waals surface area contributed by atoms with Crippen LogP contribution >= 0.6 is 0 Å². The Labute approximate surface area is 130 Å². The number of carbonyl (C=O) groups is 1. The Bertz CT molecular complexity index is 681. The van der Waals surface area contributed by atoms with Gasteiger partial charge in [-0.3, -0.25) is 4.79 Å². The van der Waals surface area contributed by atoms with Gasteiger partial charge in [-0.1, -0.05) is 6.42 Å². The van der Waals surface area contributed by atoms with E-state index in [9.17, 15) is 13.2 Å². The lowest BCUT2D eigenvalue weighted by Gasteiger charge is -2.26. The lowest BCUT2D eigenvalue weighted by Crippen LogP contribution is -2.35. The van der Waals surface area contributed by atoms with Gasteiger partial charge in [0.15, 0.2) is 0 Å². The Hall–Kier alpha value is -1.60. The van der Waals surface area contributed by atoms with E-state index < -0.39 is 10.0 Å². The first-order valence-electron chi connectivity index (χ1n) is 7.70. The summed E-state index contributed by atoms with van der Waals surface area (Å²) in [6.45, 7) is 1.77. The van der Waals surface area contributed by atoms with Crippen molar-refractivity contribution in [1.82, 2.24) is 4.31 Å². The maximum Gasteiger partial charge on any atom is 0.243 e. The molecule has 2 heterocycles. The average Bonchev–Trinajstić information content (AvgIpc) is 2.94. The second kappa shape index (κ2) is 5.89. The fourth-order valence-electron chi connectivity index (χ4n) is 3.10. The molecule has 1 aromatic rings. The second-order valence-corrected chi connectivity index (χ2v) is 7.77. The standard InChI is InChI=1S/C15H21N3O3S/c16-13-11-12(22(20,21)17-8-2-1-3-9-17)6-7-14(13)18-10-4-5-15(18)19/h6-7,11H,1-5,8-10,16H2. The van der Waals surface area contributed by atoms with Crippen LogP contribution in [0, 0.1) is 0 Å². The van der Waals surface area contributed by atoms with Gasteiger partial charge >= 0.3 is 0 Å². The number of hydrogen-bond donors (Lipinski definition) is 1. The summed E-state index contributed by atoms with van der Waals surface area (Å²) in [7, 11) is -3.49. The molecule has 6 nitrogen and oxygen atoms in total. The Morgan fingerprint density at radius 3 is 2.32 bits per heavy atom. The van der Waals surface area contributed by atoms with E-state index in [1.807, 2.05) is 0 Å². The molecular formula is C15H21N3O3S. The highest BCUT2D eigenvalue weighted by Gasteiger charge is 2.28. The molecule has 22 heavy (non-hydrogen) atoms. The van der Waals surface area contributed by atoms with Crippen molar-refractivity contribution >= 4 is 27.3 Å². The summed E-state index contributed by atoms with van der Waals surface area (Å²) in [4.78, 5) is 13.6. The fourth-order valence-corrected chi connectivity index (χ4v) is 4.65. The van der Waals surface area contributed by atoms with Crippen molar-refractivity contribution in [1.29, 1.82) is 0 Å². The SMILES string of the molecule is Nc1cc(S(=O)(=O)N2CCCCC2)ccc1N1CCCC1=O. The molecule has 2 aliphatic rings. The predicted octanol–water partition coefficient (Wildman–Crippen LogP) is 1.57. The number of carbonyl (C=O) groups excluding carboxylic acids is 1. The van der Waals surface area contributed by atoms with Crippen molar-refractivity contribution in [2.24, 2.45) is 0 Å². The normalized spacial score (nSPS) is 20.5. The van der Waals surface area contributed by atoms with E-state index in [1.54, 1.807) is 17.0 Å². The summed E-state index contributed by atoms with van der Waals surface area (Å²) < 4.78 is 26.8. The van der Waals surface area contributed by atoms with Gasteiger partial charge in [-0.15, -0.1) is 0 Å². The number of anilines is 2. The van der Waals surface area contributed by atoms with Gasteiger partial charge in [0.2, 0.25) is 15.9 Å². The number of hydrogen-bond acceptors (Lipinski definition) is 4. The second-order valence-electron chi connectivity index (χ2n) is 5.83. The van der Waals surface area contributed by atoms with Crippen molar-refractivity contribution in [3.63, 3.8) is 0 Å². The average molecular weight is 323 g/mol. The Morgan fingerprint density at radius 1 is 1.00 bits per heavy atom. The molecule has 1 aromatic carbocycles. The van der Waals surface area contributed by atoms with Crippen LogP contribution in [0.1, 0.15) is 32.1 Å². The molecule has 120 valence electrons. The largest absolute Gasteiger partial charge is 0.397 e. The van der Waals surface area contributed by atoms with Crippen molar-refractivity contribution < 1.29 is 13.2 Å². The van der Waals surface area contributed by atoms with E-state index >= 15 is 0 Å². The minimum atomic E-state index is -3.49. The van der Waals surface area contributed by atoms with Gasteiger partial charge in [0.05, 0.1) is 16.3 Å². The topological polar surface area (TPSA) is 83.7 Å². The lowest BCUT2D eigenvalue weighted by atomic mass is 10.2. The van der Waals surface area contributed by atoms with Crippen LogP contribution in [-0.4, -0.2) is 38.3 Å². The highest BCUT2D eigenvalue weighted by molar-refractivity contribution is 7.89. The van der Waals surface area contributed by atoms with Crippen LogP contribution in [0.3, 0.4) is 0 Å². The third kappa shape index (κ3) is 2.70. The van der Waals surface area contributed by atoms with Gasteiger partial charge in [0, 0.05) is 26.1 Å². The Balaban J connectivity index is 1.89. The fraction of sp³-hybridized carbons (Fsp3) is 0.533. The first-order valence-corrected chi connectivity index (χ1v) is 9.14. The number of benzene rings is 1. The number of amides is 1. The maximum atomic E-state index is 12.6. The van der Waals surface area contributed by atoms with Crippen LogP contribution in [-0.2, 0) is 14.8 Å². The minimum absolute atomic E-state index is 0.0401. The quantitative estimate of drug-likeness (QED) is 0.856. The van der Waals surface area contributed by atoms with E-state index in [2.05, 4.69) is 0 Å². The number of nitrogen functional groups attached to an aromatic ring is 1. The van der Waals surface area contributed by atoms with Crippen LogP contribution in [0.4, 0.5) is 11.4 Å². The first kappa shape index (κ1) is 15.3. The molecule has 2 fully saturated rings. The minimum Gasteiger partial charge on any atom is -0.397 e. The van der Waals surface area contributed by atoms with Crippen molar-refractivity contribution in [2.75, 3.05) is 30.3 Å². The molecule has 2 aliphatic heterocycles. The summed E-state index contributed by atoms with van der Waals surface area (Å²) in [5.41, 5.74) is 6.97. The highest BCUT2D eigenvalue weighted by Crippen LogP contribution is 2.31. The zero-order valence-electron chi connectivity index (χ0n) is 12.5. The van der Waals surface area contributed by atoms with Gasteiger partial charge in [-0.05, 0) is 37.5 Å². The predicted molar refractivity (Wildman–Crippen MR) is 85.1 cm³/mol. The number of rotatable bonds is 3. The van der Waals surface area contributed by atoms with Crippen molar-refractivity contribution in [3.8, 4) is 0 Å². The number of nitrogens with two attached hydrogens (primary N) is 1. The van der Waals surface area contributed by atoms with E-state index in [0.29, 0.717) is 37.4 Å². The van der Waals surface area contributed by atoms with E-state index in [-0.39, 0.29) is 10.8 Å². The molecule has 0 atom stereocenters. The first-order chi connectivity index (χ1) is 10.5. The van der Waals surface area contributed by atoms with E-state index in [4.69, 9.17) is 5.73 Å². The molecule has 0 aromatic heterocycles. The van der Waals surface area contributed by atoms with Crippen molar-refractivity contribution in [3.05, 3.63) is 18.2 Å². The summed E-state index contributed by atoms with van der Waals surface area (Å²) in [6, 6.07) is 4.68. The zero-order chi connectivity index (χ0) is 15.7. The molecule has 0 aliphatic carbocycles. The molecule has 0 radical (unpaired) electrons. The van der Waals surface area contributed by atoms with Crippen LogP contribution in [0.15, 0.2) is 23.1 Å². The molecule has 2 saturated heterocycles.